The zero-order valence-corrected chi connectivity index (χ0v) is 17.6. The van der Waals surface area contributed by atoms with Crippen LogP contribution in [0.4, 0.5) is 0 Å². The van der Waals surface area contributed by atoms with Gasteiger partial charge in [-0.25, -0.2) is 9.59 Å². The first-order valence-electron chi connectivity index (χ1n) is 9.61. The monoisotopic (exact) mass is 431 g/mol. The molecule has 1 aliphatic rings. The van der Waals surface area contributed by atoms with Gasteiger partial charge in [0.1, 0.15) is 6.54 Å². The maximum atomic E-state index is 9.77. The van der Waals surface area contributed by atoms with Crippen LogP contribution in [0.3, 0.4) is 0 Å². The highest BCUT2D eigenvalue weighted by Gasteiger charge is 2.38. The van der Waals surface area contributed by atoms with Crippen LogP contribution in [-0.2, 0) is 16.1 Å². The normalized spacial score (nSPS) is 23.2. The van der Waals surface area contributed by atoms with E-state index in [9.17, 15) is 9.59 Å². The second kappa shape index (κ2) is 11.5. The molecule has 3 unspecified atom stereocenters. The van der Waals surface area contributed by atoms with E-state index in [2.05, 4.69) is 26.0 Å². The minimum atomic E-state index is -2.27. The molecule has 0 aliphatic carbocycles. The number of carboxylic acids is 2. The molecule has 0 aromatic heterocycles. The number of quaternary nitrogens is 1. The number of aliphatic hydroxyl groups is 2. The SMILES string of the molecule is CC(C)C[N+]1(Cc2ccccc2Cl)CC[C@@H](CN)C1.O=C(O)C(O)C(O)C(=O)O. The average molecular weight is 432 g/mol. The van der Waals surface area contributed by atoms with E-state index >= 15 is 0 Å². The van der Waals surface area contributed by atoms with Crippen LogP contribution in [0, 0.1) is 11.8 Å². The average Bonchev–Trinajstić information content (AvgIpc) is 3.05. The number of halogens is 1. The standard InChI is InChI=1S/C16H26ClN2.C4H6O6/c1-13(2)10-19(8-7-14(9-18)11-19)12-15-5-3-4-6-16(15)17;5-1(3(7)8)2(6)4(9)10/h3-6,13-14H,7-12,18H2,1-2H3;1-2,5-6H,(H,7,8)(H,9,10)/q+1;/t14-,19?;/m0./s1. The Morgan fingerprint density at radius 1 is 1.17 bits per heavy atom. The predicted molar refractivity (Wildman–Crippen MR) is 109 cm³/mol. The smallest absolute Gasteiger partial charge is 0.335 e. The van der Waals surface area contributed by atoms with Crippen LogP contribution in [0.15, 0.2) is 24.3 Å². The molecule has 1 saturated heterocycles. The van der Waals surface area contributed by atoms with Crippen molar-refractivity contribution in [2.24, 2.45) is 17.6 Å². The third kappa shape index (κ3) is 7.91. The molecule has 0 saturated carbocycles. The maximum absolute atomic E-state index is 9.77. The lowest BCUT2D eigenvalue weighted by molar-refractivity contribution is -0.933. The first-order valence-corrected chi connectivity index (χ1v) is 9.99. The summed E-state index contributed by atoms with van der Waals surface area (Å²) < 4.78 is 1.16. The highest BCUT2D eigenvalue weighted by atomic mass is 35.5. The predicted octanol–water partition coefficient (Wildman–Crippen LogP) is 1.17. The molecule has 4 atom stereocenters. The van der Waals surface area contributed by atoms with Crippen molar-refractivity contribution >= 4 is 23.5 Å². The second-order valence-corrected chi connectivity index (χ2v) is 8.44. The number of carboxylic acid groups (broad SMARTS) is 2. The topological polar surface area (TPSA) is 141 Å². The second-order valence-electron chi connectivity index (χ2n) is 8.03. The number of nitrogens with zero attached hydrogens (tertiary/aromatic N) is 1. The number of rotatable bonds is 8. The summed E-state index contributed by atoms with van der Waals surface area (Å²) >= 11 is 6.34. The van der Waals surface area contributed by atoms with Crippen LogP contribution in [0.5, 0.6) is 0 Å². The van der Waals surface area contributed by atoms with Gasteiger partial charge in [0.2, 0.25) is 0 Å². The van der Waals surface area contributed by atoms with Gasteiger partial charge in [0.05, 0.1) is 19.6 Å². The lowest BCUT2D eigenvalue weighted by atomic mass is 10.1. The molecule has 0 radical (unpaired) electrons. The number of aliphatic carboxylic acids is 2. The molecule has 29 heavy (non-hydrogen) atoms. The van der Waals surface area contributed by atoms with E-state index in [1.54, 1.807) is 0 Å². The number of hydrogen-bond acceptors (Lipinski definition) is 5. The molecule has 2 rings (SSSR count). The fourth-order valence-electron chi connectivity index (χ4n) is 3.79. The van der Waals surface area contributed by atoms with Gasteiger partial charge in [0.25, 0.3) is 0 Å². The van der Waals surface area contributed by atoms with E-state index in [0.29, 0.717) is 11.8 Å². The van der Waals surface area contributed by atoms with Crippen molar-refractivity contribution in [2.75, 3.05) is 26.2 Å². The summed E-state index contributed by atoms with van der Waals surface area (Å²) in [6, 6.07) is 8.26. The van der Waals surface area contributed by atoms with Gasteiger partial charge in [0.15, 0.2) is 12.2 Å². The largest absolute Gasteiger partial charge is 0.479 e. The molecule has 0 spiro atoms. The summed E-state index contributed by atoms with van der Waals surface area (Å²) in [6.07, 6.45) is -3.27. The number of aliphatic hydroxyl groups excluding tert-OH is 2. The number of carbonyl (C=O) groups is 2. The Labute approximate surface area is 176 Å². The molecule has 9 heteroatoms. The Morgan fingerprint density at radius 3 is 2.14 bits per heavy atom. The zero-order chi connectivity index (χ0) is 22.2. The molecular formula is C20H32ClN2O6+. The molecule has 1 heterocycles. The summed E-state index contributed by atoms with van der Waals surface area (Å²) in [4.78, 5) is 19.5. The lowest BCUT2D eigenvalue weighted by Gasteiger charge is -2.36. The van der Waals surface area contributed by atoms with Crippen molar-refractivity contribution < 1.29 is 34.5 Å². The molecule has 1 fully saturated rings. The summed E-state index contributed by atoms with van der Waals surface area (Å²) in [6.45, 7) is 10.2. The van der Waals surface area contributed by atoms with E-state index in [1.165, 1.54) is 31.6 Å². The fourth-order valence-corrected chi connectivity index (χ4v) is 3.98. The summed E-state index contributed by atoms with van der Waals surface area (Å²) in [7, 11) is 0. The van der Waals surface area contributed by atoms with Crippen LogP contribution < -0.4 is 5.73 Å². The van der Waals surface area contributed by atoms with Crippen molar-refractivity contribution in [1.29, 1.82) is 0 Å². The molecule has 8 nitrogen and oxygen atoms in total. The van der Waals surface area contributed by atoms with Crippen LogP contribution >= 0.6 is 11.6 Å². The zero-order valence-electron chi connectivity index (χ0n) is 16.9. The molecule has 1 aromatic rings. The number of benzene rings is 1. The van der Waals surface area contributed by atoms with Gasteiger partial charge >= 0.3 is 11.9 Å². The Bertz CT molecular complexity index is 669. The van der Waals surface area contributed by atoms with Crippen LogP contribution in [0.2, 0.25) is 5.02 Å². The maximum Gasteiger partial charge on any atom is 0.335 e. The molecule has 0 amide bonds. The van der Waals surface area contributed by atoms with Crippen LogP contribution in [0.1, 0.15) is 25.8 Å². The molecule has 0 bridgehead atoms. The summed E-state index contributed by atoms with van der Waals surface area (Å²) in [5.74, 6) is -2.15. The number of hydrogen-bond donors (Lipinski definition) is 5. The van der Waals surface area contributed by atoms with Gasteiger partial charge < -0.3 is 30.6 Å². The van der Waals surface area contributed by atoms with Crippen molar-refractivity contribution in [1.82, 2.24) is 0 Å². The van der Waals surface area contributed by atoms with E-state index in [4.69, 9.17) is 37.8 Å². The van der Waals surface area contributed by atoms with Crippen molar-refractivity contribution in [2.45, 2.75) is 39.0 Å². The number of likely N-dealkylation sites (tertiary alicyclic amines) is 1. The van der Waals surface area contributed by atoms with Gasteiger partial charge in [0, 0.05) is 35.4 Å². The number of nitrogens with two attached hydrogens (primary N) is 1. The Morgan fingerprint density at radius 2 is 1.72 bits per heavy atom. The van der Waals surface area contributed by atoms with Crippen molar-refractivity contribution in [3.05, 3.63) is 34.9 Å². The lowest BCUT2D eigenvalue weighted by Crippen LogP contribution is -2.48. The quantitative estimate of drug-likeness (QED) is 0.389. The summed E-state index contributed by atoms with van der Waals surface area (Å²) in [5.41, 5.74) is 7.15. The van der Waals surface area contributed by atoms with E-state index < -0.39 is 24.1 Å². The van der Waals surface area contributed by atoms with E-state index in [-0.39, 0.29) is 0 Å². The first-order chi connectivity index (χ1) is 13.5. The molecular weight excluding hydrogens is 400 g/mol. The highest BCUT2D eigenvalue weighted by Crippen LogP contribution is 2.30. The van der Waals surface area contributed by atoms with Crippen LogP contribution in [0.25, 0.3) is 0 Å². The first kappa shape index (κ1) is 25.3. The minimum Gasteiger partial charge on any atom is -0.479 e. The fraction of sp³-hybridized carbons (Fsp3) is 0.600. The third-order valence-electron chi connectivity index (χ3n) is 5.01. The molecule has 6 N–H and O–H groups in total. The van der Waals surface area contributed by atoms with Gasteiger partial charge in [-0.1, -0.05) is 43.6 Å². The third-order valence-corrected chi connectivity index (χ3v) is 5.38. The highest BCUT2D eigenvalue weighted by molar-refractivity contribution is 6.31. The van der Waals surface area contributed by atoms with Crippen molar-refractivity contribution in [3.8, 4) is 0 Å². The van der Waals surface area contributed by atoms with Crippen LogP contribution in [-0.4, -0.2) is 75.2 Å². The Hall–Kier alpha value is -1.71. The van der Waals surface area contributed by atoms with Gasteiger partial charge in [-0.15, -0.1) is 0 Å². The van der Waals surface area contributed by atoms with Gasteiger partial charge in [-0.2, -0.15) is 0 Å². The molecule has 1 aliphatic heterocycles. The van der Waals surface area contributed by atoms with Gasteiger partial charge in [-0.3, -0.25) is 0 Å². The van der Waals surface area contributed by atoms with E-state index in [0.717, 1.165) is 22.6 Å². The van der Waals surface area contributed by atoms with E-state index in [1.807, 2.05) is 12.1 Å². The molecule has 1 aromatic carbocycles. The molecule has 164 valence electrons. The van der Waals surface area contributed by atoms with Crippen molar-refractivity contribution in [3.63, 3.8) is 0 Å². The Balaban J connectivity index is 0.000000359. The summed E-state index contributed by atoms with van der Waals surface area (Å²) in [5, 5.41) is 33.4. The van der Waals surface area contributed by atoms with Gasteiger partial charge in [-0.05, 0) is 6.07 Å². The Kier molecular flexibility index (Phi) is 10.0. The minimum absolute atomic E-state index is 0.682.